The highest BCUT2D eigenvalue weighted by Gasteiger charge is 2.44. The lowest BCUT2D eigenvalue weighted by Crippen LogP contribution is -2.32. The number of rotatable bonds is 0. The third-order valence-corrected chi connectivity index (χ3v) is 4.07. The molecule has 2 bridgehead atoms. The summed E-state index contributed by atoms with van der Waals surface area (Å²) in [6.07, 6.45) is 7.64. The van der Waals surface area contributed by atoms with Crippen LogP contribution in [0.25, 0.3) is 0 Å². The van der Waals surface area contributed by atoms with E-state index in [0.29, 0.717) is 5.41 Å². The molecular formula is C12H22. The van der Waals surface area contributed by atoms with Gasteiger partial charge in [-0.25, -0.2) is 0 Å². The van der Waals surface area contributed by atoms with E-state index in [9.17, 15) is 0 Å². The third-order valence-electron chi connectivity index (χ3n) is 4.07. The van der Waals surface area contributed by atoms with E-state index in [1.165, 1.54) is 32.1 Å². The smallest absolute Gasteiger partial charge is 0.0309 e. The molecule has 12 heavy (non-hydrogen) atoms. The molecule has 0 N–H and O–H groups in total. The molecule has 0 radical (unpaired) electrons. The van der Waals surface area contributed by atoms with Crippen molar-refractivity contribution in [2.75, 3.05) is 0 Å². The van der Waals surface area contributed by atoms with E-state index in [0.717, 1.165) is 17.8 Å². The number of hydrogen-bond donors (Lipinski definition) is 0. The van der Waals surface area contributed by atoms with Crippen LogP contribution in [0.15, 0.2) is 0 Å². The molecule has 0 aromatic rings. The molecule has 2 rings (SSSR count). The van der Waals surface area contributed by atoms with Crippen molar-refractivity contribution in [3.63, 3.8) is 0 Å². The quantitative estimate of drug-likeness (QED) is 0.512. The summed E-state index contributed by atoms with van der Waals surface area (Å²) in [7, 11) is 0. The van der Waals surface area contributed by atoms with Gasteiger partial charge in [0, 0.05) is 0 Å². The molecule has 2 unspecified atom stereocenters. The molecule has 70 valence electrons. The fourth-order valence-corrected chi connectivity index (χ4v) is 3.88. The van der Waals surface area contributed by atoms with Crippen LogP contribution >= 0.6 is 0 Å². The van der Waals surface area contributed by atoms with Crippen molar-refractivity contribution >= 4 is 0 Å². The number of hydrogen-bond acceptors (Lipinski definition) is 0. The second-order valence-electron chi connectivity index (χ2n) is 5.92. The molecule has 2 aliphatic rings. The SMILES string of the molecule is CC(C)(C)C1C2CCCC1CC2. The second-order valence-corrected chi connectivity index (χ2v) is 5.92. The lowest BCUT2D eigenvalue weighted by molar-refractivity contribution is 0.0977. The van der Waals surface area contributed by atoms with Crippen LogP contribution in [0.4, 0.5) is 0 Å². The fourth-order valence-electron chi connectivity index (χ4n) is 3.88. The highest BCUT2D eigenvalue weighted by Crippen LogP contribution is 2.53. The molecule has 0 aliphatic heterocycles. The van der Waals surface area contributed by atoms with Gasteiger partial charge in [0.15, 0.2) is 0 Å². The molecule has 0 heteroatoms. The maximum Gasteiger partial charge on any atom is -0.0309 e. The second kappa shape index (κ2) is 2.75. The molecule has 0 aromatic carbocycles. The largest absolute Gasteiger partial charge is 0.0599 e. The van der Waals surface area contributed by atoms with E-state index in [1.807, 2.05) is 0 Å². The van der Waals surface area contributed by atoms with Crippen LogP contribution in [-0.2, 0) is 0 Å². The molecule has 2 atom stereocenters. The van der Waals surface area contributed by atoms with Gasteiger partial charge in [0.25, 0.3) is 0 Å². The predicted octanol–water partition coefficient (Wildman–Crippen LogP) is 3.86. The first-order valence-corrected chi connectivity index (χ1v) is 5.59. The van der Waals surface area contributed by atoms with Crippen molar-refractivity contribution in [2.45, 2.75) is 52.9 Å². The summed E-state index contributed by atoms with van der Waals surface area (Å²) in [6.45, 7) is 7.32. The topological polar surface area (TPSA) is 0 Å². The van der Waals surface area contributed by atoms with Crippen LogP contribution in [0.2, 0.25) is 0 Å². The molecule has 0 aromatic heterocycles. The van der Waals surface area contributed by atoms with Crippen LogP contribution in [0.5, 0.6) is 0 Å². The lowest BCUT2D eigenvalue weighted by atomic mass is 9.66. The van der Waals surface area contributed by atoms with E-state index in [2.05, 4.69) is 20.8 Å². The van der Waals surface area contributed by atoms with Gasteiger partial charge in [-0.05, 0) is 36.0 Å². The van der Waals surface area contributed by atoms with E-state index < -0.39 is 0 Å². The maximum absolute atomic E-state index is 2.44. The normalized spacial score (nSPS) is 41.8. The first-order valence-electron chi connectivity index (χ1n) is 5.59. The Bertz CT molecular complexity index is 147. The third kappa shape index (κ3) is 1.30. The molecule has 0 nitrogen and oxygen atoms in total. The van der Waals surface area contributed by atoms with Crippen LogP contribution in [0, 0.1) is 23.2 Å². The van der Waals surface area contributed by atoms with Crippen molar-refractivity contribution < 1.29 is 0 Å². The van der Waals surface area contributed by atoms with E-state index in [4.69, 9.17) is 0 Å². The van der Waals surface area contributed by atoms with Crippen LogP contribution < -0.4 is 0 Å². The number of fused-ring (bicyclic) bond motifs is 2. The van der Waals surface area contributed by atoms with E-state index in [1.54, 1.807) is 0 Å². The molecule has 0 amide bonds. The van der Waals surface area contributed by atoms with Crippen LogP contribution in [0.3, 0.4) is 0 Å². The van der Waals surface area contributed by atoms with Crippen molar-refractivity contribution in [3.05, 3.63) is 0 Å². The summed E-state index contributed by atoms with van der Waals surface area (Å²) < 4.78 is 0. The average Bonchev–Trinajstić information content (AvgIpc) is 2.23. The maximum atomic E-state index is 2.44. The van der Waals surface area contributed by atoms with E-state index >= 15 is 0 Å². The summed E-state index contributed by atoms with van der Waals surface area (Å²) in [4.78, 5) is 0. The van der Waals surface area contributed by atoms with Gasteiger partial charge in [-0.2, -0.15) is 0 Å². The Morgan fingerprint density at radius 1 is 0.833 bits per heavy atom. The molecule has 2 aliphatic carbocycles. The van der Waals surface area contributed by atoms with Gasteiger partial charge in [0.05, 0.1) is 0 Å². The van der Waals surface area contributed by atoms with Gasteiger partial charge in [-0.15, -0.1) is 0 Å². The highest BCUT2D eigenvalue weighted by atomic mass is 14.5. The molecule has 2 saturated carbocycles. The predicted molar refractivity (Wildman–Crippen MR) is 53.0 cm³/mol. The van der Waals surface area contributed by atoms with Crippen LogP contribution in [0.1, 0.15) is 52.9 Å². The summed E-state index contributed by atoms with van der Waals surface area (Å²) in [6, 6.07) is 0. The van der Waals surface area contributed by atoms with Gasteiger partial charge < -0.3 is 0 Å². The Kier molecular flexibility index (Phi) is 1.97. The van der Waals surface area contributed by atoms with Gasteiger partial charge in [-0.3, -0.25) is 0 Å². The Labute approximate surface area is 76.7 Å². The summed E-state index contributed by atoms with van der Waals surface area (Å²) in [5.41, 5.74) is 0.576. The summed E-state index contributed by atoms with van der Waals surface area (Å²) >= 11 is 0. The minimum absolute atomic E-state index is 0.576. The molecule has 0 heterocycles. The highest BCUT2D eigenvalue weighted by molar-refractivity contribution is 4.94. The fraction of sp³-hybridized carbons (Fsp3) is 1.00. The van der Waals surface area contributed by atoms with Gasteiger partial charge >= 0.3 is 0 Å². The van der Waals surface area contributed by atoms with Crippen molar-refractivity contribution in [2.24, 2.45) is 23.2 Å². The summed E-state index contributed by atoms with van der Waals surface area (Å²) in [5.74, 6) is 3.22. The zero-order valence-corrected chi connectivity index (χ0v) is 8.77. The monoisotopic (exact) mass is 166 g/mol. The minimum Gasteiger partial charge on any atom is -0.0599 e. The van der Waals surface area contributed by atoms with Gasteiger partial charge in [0.1, 0.15) is 0 Å². The van der Waals surface area contributed by atoms with Crippen molar-refractivity contribution in [3.8, 4) is 0 Å². The van der Waals surface area contributed by atoms with Crippen LogP contribution in [-0.4, -0.2) is 0 Å². The Hall–Kier alpha value is 0. The Balaban J connectivity index is 2.15. The molecule has 0 saturated heterocycles. The standard InChI is InChI=1S/C12H22/c1-12(2,3)11-9-5-4-6-10(11)8-7-9/h9-11H,4-8H2,1-3H3. The Morgan fingerprint density at radius 2 is 1.33 bits per heavy atom. The Morgan fingerprint density at radius 3 is 1.67 bits per heavy atom. The molecular weight excluding hydrogens is 144 g/mol. The van der Waals surface area contributed by atoms with E-state index in [-0.39, 0.29) is 0 Å². The van der Waals surface area contributed by atoms with Gasteiger partial charge in [0.2, 0.25) is 0 Å². The molecule has 2 fully saturated rings. The van der Waals surface area contributed by atoms with Crippen molar-refractivity contribution in [1.82, 2.24) is 0 Å². The van der Waals surface area contributed by atoms with Gasteiger partial charge in [-0.1, -0.05) is 40.0 Å². The lowest BCUT2D eigenvalue weighted by Gasteiger charge is -2.40. The first-order chi connectivity index (χ1) is 5.59. The molecule has 0 spiro atoms. The van der Waals surface area contributed by atoms with Crippen molar-refractivity contribution in [1.29, 1.82) is 0 Å². The average molecular weight is 166 g/mol. The first kappa shape index (κ1) is 8.59. The zero-order chi connectivity index (χ0) is 8.77. The zero-order valence-electron chi connectivity index (χ0n) is 8.77. The minimum atomic E-state index is 0.576. The summed E-state index contributed by atoms with van der Waals surface area (Å²) in [5, 5.41) is 0.